The van der Waals surface area contributed by atoms with Crippen LogP contribution in [0.2, 0.25) is 0 Å². The summed E-state index contributed by atoms with van der Waals surface area (Å²) in [5.41, 5.74) is 0. The molecule has 3 unspecified atom stereocenters. The molecule has 1 amide bonds. The molecule has 0 spiro atoms. The number of ether oxygens (including phenoxy) is 1. The number of amides is 1. The fourth-order valence-electron chi connectivity index (χ4n) is 11.6. The van der Waals surface area contributed by atoms with E-state index in [2.05, 4.69) is 86.8 Å². The third-order valence-electron chi connectivity index (χ3n) is 17.6. The molecule has 0 saturated carbocycles. The molecule has 2 N–H and O–H groups in total. The van der Waals surface area contributed by atoms with Gasteiger partial charge in [-0.2, -0.15) is 0 Å². The van der Waals surface area contributed by atoms with E-state index in [1.54, 1.807) is 0 Å². The van der Waals surface area contributed by atoms with Crippen LogP contribution in [0.25, 0.3) is 0 Å². The lowest BCUT2D eigenvalue weighted by molar-refractivity contribution is -0.870. The number of allylic oxidation sites excluding steroid dienone is 11. The van der Waals surface area contributed by atoms with Crippen molar-refractivity contribution in [3.8, 4) is 0 Å². The van der Waals surface area contributed by atoms with Gasteiger partial charge in [0.1, 0.15) is 19.3 Å². The zero-order valence-electron chi connectivity index (χ0n) is 61.1. The number of likely N-dealkylation sites (N-methyl/N-ethyl adjacent to an activating group) is 1. The highest BCUT2D eigenvalue weighted by atomic mass is 31.2. The van der Waals surface area contributed by atoms with Crippen LogP contribution in [0.3, 0.4) is 0 Å². The highest BCUT2D eigenvalue weighted by molar-refractivity contribution is 7.47. The summed E-state index contributed by atoms with van der Waals surface area (Å²) in [5.74, 6) is -0.490. The molecule has 0 saturated heterocycles. The van der Waals surface area contributed by atoms with Crippen molar-refractivity contribution in [2.75, 3.05) is 40.9 Å². The van der Waals surface area contributed by atoms with Gasteiger partial charge in [0.05, 0.1) is 33.8 Å². The maximum absolute atomic E-state index is 13.7. The summed E-state index contributed by atoms with van der Waals surface area (Å²) in [4.78, 5) is 38.0. The average Bonchev–Trinajstić information content (AvgIpc) is 3.08. The second kappa shape index (κ2) is 70.3. The number of esters is 1. The van der Waals surface area contributed by atoms with Crippen molar-refractivity contribution in [3.05, 3.63) is 72.9 Å². The number of hydrogen-bond acceptors (Lipinski definition) is 6. The first-order chi connectivity index (χ1) is 44.4. The smallest absolute Gasteiger partial charge is 0.456 e. The molecule has 0 bridgehead atoms. The fourth-order valence-corrected chi connectivity index (χ4v) is 12.3. The predicted octanol–water partition coefficient (Wildman–Crippen LogP) is 25.5. The van der Waals surface area contributed by atoms with Crippen LogP contribution in [0, 0.1) is 0 Å². The molecule has 0 radical (unpaired) electrons. The molecule has 9 nitrogen and oxygen atoms in total. The number of phosphoric ester groups is 1. The van der Waals surface area contributed by atoms with E-state index in [9.17, 15) is 19.0 Å². The van der Waals surface area contributed by atoms with Gasteiger partial charge in [-0.3, -0.25) is 18.6 Å². The lowest BCUT2D eigenvalue weighted by Gasteiger charge is -2.27. The van der Waals surface area contributed by atoms with Gasteiger partial charge >= 0.3 is 13.8 Å². The topological polar surface area (TPSA) is 111 Å². The van der Waals surface area contributed by atoms with E-state index < -0.39 is 20.0 Å². The molecule has 532 valence electrons. The van der Waals surface area contributed by atoms with Crippen molar-refractivity contribution in [1.29, 1.82) is 0 Å². The maximum Gasteiger partial charge on any atom is 0.472 e. The summed E-state index contributed by atoms with van der Waals surface area (Å²) in [6.07, 6.45) is 93.7. The Morgan fingerprint density at radius 3 is 1.02 bits per heavy atom. The van der Waals surface area contributed by atoms with Crippen LogP contribution in [0.5, 0.6) is 0 Å². The molecular formula is C81H152N2O7P+. The van der Waals surface area contributed by atoms with Crippen LogP contribution in [0.15, 0.2) is 72.9 Å². The summed E-state index contributed by atoms with van der Waals surface area (Å²) in [5, 5.41) is 3.08. The Kier molecular flexibility index (Phi) is 68.3. The van der Waals surface area contributed by atoms with Gasteiger partial charge < -0.3 is 19.4 Å². The molecule has 0 aromatic heterocycles. The molecule has 0 aliphatic carbocycles. The van der Waals surface area contributed by atoms with Gasteiger partial charge in [-0.25, -0.2) is 4.57 Å². The number of quaternary nitrogens is 1. The van der Waals surface area contributed by atoms with Crippen LogP contribution < -0.4 is 5.32 Å². The molecule has 10 heteroatoms. The zero-order valence-corrected chi connectivity index (χ0v) is 62.0. The Hall–Kier alpha value is -2.55. The molecular weight excluding hydrogens is 1140 g/mol. The average molecular weight is 1300 g/mol. The lowest BCUT2D eigenvalue weighted by atomic mass is 10.0. The SMILES string of the molecule is CCCCC/C=C\C/C=C\C/C=C\CCCCCCCCCCCCCCCCC(=O)NC(COP(=O)(O)OCC[N+](C)(C)C)C(/C=C/CCCCCCCCCCC)OC(=O)CCCCCCCCCCCCCCCCCCC/C=C\C/C=C\CCCCC. The Labute approximate surface area is 565 Å². The van der Waals surface area contributed by atoms with E-state index in [-0.39, 0.29) is 25.1 Å². The number of unbranched alkanes of at least 4 members (excludes halogenated alkanes) is 46. The Morgan fingerprint density at radius 2 is 0.670 bits per heavy atom. The monoisotopic (exact) mass is 1300 g/mol. The summed E-state index contributed by atoms with van der Waals surface area (Å²) in [7, 11) is 1.51. The summed E-state index contributed by atoms with van der Waals surface area (Å²) < 4.78 is 30.9. The first-order valence-electron chi connectivity index (χ1n) is 39.3. The molecule has 0 aliphatic rings. The van der Waals surface area contributed by atoms with Gasteiger partial charge in [0, 0.05) is 12.8 Å². The van der Waals surface area contributed by atoms with Crippen LogP contribution in [0.1, 0.15) is 380 Å². The fraction of sp³-hybridized carbons (Fsp3) is 0.827. The van der Waals surface area contributed by atoms with Gasteiger partial charge in [0.15, 0.2) is 0 Å². The van der Waals surface area contributed by atoms with Gasteiger partial charge in [0.25, 0.3) is 0 Å². The molecule has 0 aliphatic heterocycles. The van der Waals surface area contributed by atoms with Crippen LogP contribution in [-0.2, 0) is 27.9 Å². The quantitative estimate of drug-likeness (QED) is 0.0205. The second-order valence-electron chi connectivity index (χ2n) is 27.9. The van der Waals surface area contributed by atoms with Crippen molar-refractivity contribution < 1.29 is 37.3 Å². The summed E-state index contributed by atoms with van der Waals surface area (Å²) in [6, 6.07) is -0.850. The standard InChI is InChI=1S/C81H151N2O7P/c1-7-10-13-16-19-22-25-27-29-31-33-35-37-39-41-43-45-47-49-51-53-55-58-61-64-67-70-73-80(84)82-78(77-89-91(86,87)88-76-75-83(4,5)6)79(72-69-66-63-60-57-24-21-18-15-12-9-3)90-81(85)74-71-68-65-62-59-56-54-52-50-48-46-44-42-40-38-36-34-32-30-28-26-23-20-17-14-11-8-2/h19-20,22-23,27-30,33,35,69,72,78-79H,7-18,21,24-26,31-32,34,36-68,70-71,73-77H2,1-6H3,(H-,82,84,86,87)/p+1/b22-19-,23-20-,29-27-,30-28-,35-33-,72-69+. The highest BCUT2D eigenvalue weighted by Gasteiger charge is 2.30. The Bertz CT molecular complexity index is 1780. The van der Waals surface area contributed by atoms with E-state index in [4.69, 9.17) is 13.8 Å². The Morgan fingerprint density at radius 1 is 0.385 bits per heavy atom. The summed E-state index contributed by atoms with van der Waals surface area (Å²) >= 11 is 0. The zero-order chi connectivity index (χ0) is 66.3. The van der Waals surface area contributed by atoms with Gasteiger partial charge in [-0.1, -0.05) is 338 Å². The highest BCUT2D eigenvalue weighted by Crippen LogP contribution is 2.43. The van der Waals surface area contributed by atoms with Gasteiger partial charge in [0.2, 0.25) is 5.91 Å². The lowest BCUT2D eigenvalue weighted by Crippen LogP contribution is -2.47. The third-order valence-corrected chi connectivity index (χ3v) is 18.6. The minimum atomic E-state index is -4.46. The number of nitrogens with zero attached hydrogens (tertiary/aromatic N) is 1. The molecule has 0 aromatic carbocycles. The van der Waals surface area contributed by atoms with E-state index in [0.717, 1.165) is 77.0 Å². The van der Waals surface area contributed by atoms with E-state index in [1.165, 1.54) is 270 Å². The third kappa shape index (κ3) is 71.6. The minimum absolute atomic E-state index is 0.0404. The van der Waals surface area contributed by atoms with Crippen LogP contribution in [-0.4, -0.2) is 74.3 Å². The number of hydrogen-bond donors (Lipinski definition) is 2. The van der Waals surface area contributed by atoms with Crippen molar-refractivity contribution in [1.82, 2.24) is 5.32 Å². The molecule has 91 heavy (non-hydrogen) atoms. The van der Waals surface area contributed by atoms with E-state index in [1.807, 2.05) is 33.3 Å². The Balaban J connectivity index is 4.87. The molecule has 0 rings (SSSR count). The van der Waals surface area contributed by atoms with Crippen molar-refractivity contribution in [3.63, 3.8) is 0 Å². The predicted molar refractivity (Wildman–Crippen MR) is 397 cm³/mol. The number of phosphoric acid groups is 1. The molecule has 0 fully saturated rings. The largest absolute Gasteiger partial charge is 0.472 e. The summed E-state index contributed by atoms with van der Waals surface area (Å²) in [6.45, 7) is 7.01. The molecule has 0 aromatic rings. The van der Waals surface area contributed by atoms with Crippen molar-refractivity contribution in [2.45, 2.75) is 392 Å². The van der Waals surface area contributed by atoms with E-state index >= 15 is 0 Å². The first kappa shape index (κ1) is 88.5. The van der Waals surface area contributed by atoms with Crippen molar-refractivity contribution in [2.24, 2.45) is 0 Å². The van der Waals surface area contributed by atoms with E-state index in [0.29, 0.717) is 23.9 Å². The van der Waals surface area contributed by atoms with Crippen LogP contribution >= 0.6 is 7.82 Å². The number of rotatable bonds is 72. The normalized spacial score (nSPS) is 13.8. The second-order valence-corrected chi connectivity index (χ2v) is 29.3. The number of carbonyl (C=O) groups excluding carboxylic acids is 2. The van der Waals surface area contributed by atoms with Crippen molar-refractivity contribution >= 4 is 19.7 Å². The van der Waals surface area contributed by atoms with Gasteiger partial charge in [-0.05, 0) is 102 Å². The van der Waals surface area contributed by atoms with Gasteiger partial charge in [-0.15, -0.1) is 0 Å². The minimum Gasteiger partial charge on any atom is -0.456 e. The molecule has 3 atom stereocenters. The number of carbonyl (C=O) groups is 2. The first-order valence-corrected chi connectivity index (χ1v) is 40.8. The van der Waals surface area contributed by atoms with Crippen LogP contribution in [0.4, 0.5) is 0 Å². The maximum atomic E-state index is 13.7. The molecule has 0 heterocycles. The number of nitrogens with one attached hydrogen (secondary N) is 1.